The van der Waals surface area contributed by atoms with E-state index >= 15 is 0 Å². The molecule has 0 aliphatic carbocycles. The van der Waals surface area contributed by atoms with Gasteiger partial charge in [-0.2, -0.15) is 22.0 Å². The second-order valence-corrected chi connectivity index (χ2v) is 3.58. The van der Waals surface area contributed by atoms with E-state index < -0.39 is 41.2 Å². The fraction of sp³-hybridized carbons (Fsp3) is 0.333. The Morgan fingerprint density at radius 3 is 1.95 bits per heavy atom. The summed E-state index contributed by atoms with van der Waals surface area (Å²) in [5.74, 6) is -3.41. The van der Waals surface area contributed by atoms with Gasteiger partial charge in [-0.05, 0) is 12.1 Å². The van der Waals surface area contributed by atoms with Crippen molar-refractivity contribution >= 4 is 11.6 Å². The molecule has 0 N–H and O–H groups in total. The third-order valence-electron chi connectivity index (χ3n) is 1.79. The number of hydrogen-bond acceptors (Lipinski definition) is 2. The van der Waals surface area contributed by atoms with E-state index in [9.17, 15) is 35.1 Å². The van der Waals surface area contributed by atoms with Crippen molar-refractivity contribution in [3.8, 4) is 11.5 Å². The first-order valence-corrected chi connectivity index (χ1v) is 4.90. The average molecular weight is 331 g/mol. The van der Waals surface area contributed by atoms with Gasteiger partial charge in [-0.15, -0.1) is 13.2 Å². The summed E-state index contributed by atoms with van der Waals surface area (Å²) in [5, 5.41) is -1.11. The third kappa shape index (κ3) is 4.29. The molecule has 0 spiro atoms. The number of halogens is 9. The topological polar surface area (TPSA) is 18.5 Å². The Balaban J connectivity index is 3.45. The van der Waals surface area contributed by atoms with E-state index in [0.29, 0.717) is 12.1 Å². The monoisotopic (exact) mass is 330 g/mol. The van der Waals surface area contributed by atoms with E-state index in [0.717, 1.165) is 0 Å². The average Bonchev–Trinajstić information content (AvgIpc) is 2.17. The van der Waals surface area contributed by atoms with Gasteiger partial charge in [0.25, 0.3) is 0 Å². The summed E-state index contributed by atoms with van der Waals surface area (Å²) in [6.45, 7) is -3.80. The maximum absolute atomic E-state index is 12.6. The van der Waals surface area contributed by atoms with Gasteiger partial charge in [0.05, 0.1) is 5.02 Å². The molecule has 2 nitrogen and oxygen atoms in total. The zero-order valence-electron chi connectivity index (χ0n) is 8.95. The van der Waals surface area contributed by atoms with Crippen molar-refractivity contribution in [3.05, 3.63) is 22.7 Å². The SMILES string of the molecule is FC(F)Oc1c(OC(F)(F)F)ccc(Cl)c1C(F)(F)F. The van der Waals surface area contributed by atoms with Gasteiger partial charge in [0.2, 0.25) is 0 Å². The Labute approximate surface area is 110 Å². The van der Waals surface area contributed by atoms with Crippen LogP contribution in [0.3, 0.4) is 0 Å². The molecule has 1 aromatic rings. The van der Waals surface area contributed by atoms with Crippen molar-refractivity contribution < 1.29 is 44.6 Å². The molecule has 0 atom stereocenters. The van der Waals surface area contributed by atoms with E-state index in [4.69, 9.17) is 11.6 Å². The summed E-state index contributed by atoms with van der Waals surface area (Å²) in [6, 6.07) is 0.757. The van der Waals surface area contributed by atoms with Gasteiger partial charge in [-0.3, -0.25) is 0 Å². The molecule has 0 amide bonds. The minimum absolute atomic E-state index is 0.336. The molecule has 0 radical (unpaired) electrons. The molecule has 0 fully saturated rings. The van der Waals surface area contributed by atoms with Crippen LogP contribution < -0.4 is 9.47 Å². The second-order valence-electron chi connectivity index (χ2n) is 3.17. The van der Waals surface area contributed by atoms with Crippen molar-refractivity contribution in [3.63, 3.8) is 0 Å². The summed E-state index contributed by atoms with van der Waals surface area (Å²) >= 11 is 5.16. The van der Waals surface area contributed by atoms with Gasteiger partial charge in [-0.1, -0.05) is 11.6 Å². The van der Waals surface area contributed by atoms with Gasteiger partial charge in [-0.25, -0.2) is 0 Å². The normalized spacial score (nSPS) is 12.7. The molecule has 0 aliphatic rings. The molecule has 20 heavy (non-hydrogen) atoms. The first-order valence-electron chi connectivity index (χ1n) is 4.52. The fourth-order valence-electron chi connectivity index (χ4n) is 1.21. The molecule has 0 saturated carbocycles. The number of ether oxygens (including phenoxy) is 2. The van der Waals surface area contributed by atoms with E-state index in [2.05, 4.69) is 9.47 Å². The first-order chi connectivity index (χ1) is 8.92. The summed E-state index contributed by atoms with van der Waals surface area (Å²) in [7, 11) is 0. The minimum atomic E-state index is -5.39. The van der Waals surface area contributed by atoms with Crippen LogP contribution in [0.4, 0.5) is 35.1 Å². The van der Waals surface area contributed by atoms with Gasteiger partial charge >= 0.3 is 19.2 Å². The summed E-state index contributed by atoms with van der Waals surface area (Å²) in [5.41, 5.74) is -1.98. The zero-order chi connectivity index (χ0) is 15.7. The van der Waals surface area contributed by atoms with Gasteiger partial charge in [0.15, 0.2) is 11.5 Å². The maximum atomic E-state index is 12.6. The third-order valence-corrected chi connectivity index (χ3v) is 2.10. The Hall–Kier alpha value is -1.45. The Kier molecular flexibility index (Phi) is 4.57. The molecule has 0 unspecified atom stereocenters. The van der Waals surface area contributed by atoms with Crippen LogP contribution in [-0.4, -0.2) is 13.0 Å². The lowest BCUT2D eigenvalue weighted by atomic mass is 10.1. The van der Waals surface area contributed by atoms with Crippen LogP contribution in [0.5, 0.6) is 11.5 Å². The summed E-state index contributed by atoms with van der Waals surface area (Å²) in [4.78, 5) is 0. The highest BCUT2D eigenvalue weighted by Crippen LogP contribution is 2.47. The van der Waals surface area contributed by atoms with E-state index in [1.165, 1.54) is 0 Å². The fourth-order valence-corrected chi connectivity index (χ4v) is 1.47. The molecule has 11 heteroatoms. The number of benzene rings is 1. The maximum Gasteiger partial charge on any atom is 0.573 e. The van der Waals surface area contributed by atoms with Crippen LogP contribution >= 0.6 is 11.6 Å². The smallest absolute Gasteiger partial charge is 0.430 e. The number of rotatable bonds is 3. The Morgan fingerprint density at radius 2 is 1.55 bits per heavy atom. The van der Waals surface area contributed by atoms with Gasteiger partial charge in [0.1, 0.15) is 5.56 Å². The molecule has 0 aliphatic heterocycles. The lowest BCUT2D eigenvalue weighted by Crippen LogP contribution is -2.20. The molecular weight excluding hydrogens is 328 g/mol. The largest absolute Gasteiger partial charge is 0.573 e. The molecule has 0 aromatic heterocycles. The molecule has 114 valence electrons. The lowest BCUT2D eigenvalue weighted by Gasteiger charge is -2.19. The van der Waals surface area contributed by atoms with Crippen molar-refractivity contribution in [1.82, 2.24) is 0 Å². The lowest BCUT2D eigenvalue weighted by molar-refractivity contribution is -0.275. The quantitative estimate of drug-likeness (QED) is 0.737. The van der Waals surface area contributed by atoms with E-state index in [1.807, 2.05) is 0 Å². The van der Waals surface area contributed by atoms with Gasteiger partial charge < -0.3 is 9.47 Å². The molecule has 0 saturated heterocycles. The summed E-state index contributed by atoms with van der Waals surface area (Å²) < 4.78 is 105. The van der Waals surface area contributed by atoms with Crippen LogP contribution in [0.25, 0.3) is 0 Å². The second kappa shape index (κ2) is 5.51. The van der Waals surface area contributed by atoms with Crippen molar-refractivity contribution in [2.45, 2.75) is 19.2 Å². The van der Waals surface area contributed by atoms with E-state index in [-0.39, 0.29) is 0 Å². The van der Waals surface area contributed by atoms with Crippen LogP contribution in [0, 0.1) is 0 Å². The highest BCUT2D eigenvalue weighted by Gasteiger charge is 2.41. The highest BCUT2D eigenvalue weighted by molar-refractivity contribution is 6.31. The molecular formula is C9H3ClF8O2. The Morgan fingerprint density at radius 1 is 1.00 bits per heavy atom. The molecule has 0 heterocycles. The highest BCUT2D eigenvalue weighted by atomic mass is 35.5. The Bertz CT molecular complexity index is 482. The van der Waals surface area contributed by atoms with Crippen LogP contribution in [0.1, 0.15) is 5.56 Å². The van der Waals surface area contributed by atoms with Crippen molar-refractivity contribution in [2.24, 2.45) is 0 Å². The standard InChI is InChI=1S/C9H3ClF8O2/c10-3-1-2-4(20-9(16,17)18)6(19-7(11)12)5(3)8(13,14)15/h1-2,7H. The number of alkyl halides is 8. The molecule has 0 bridgehead atoms. The van der Waals surface area contributed by atoms with Crippen LogP contribution in [0.2, 0.25) is 5.02 Å². The summed E-state index contributed by atoms with van der Waals surface area (Å²) in [6.07, 6.45) is -10.7. The van der Waals surface area contributed by atoms with E-state index in [1.54, 1.807) is 0 Å². The van der Waals surface area contributed by atoms with Crippen molar-refractivity contribution in [2.75, 3.05) is 0 Å². The zero-order valence-corrected chi connectivity index (χ0v) is 9.71. The minimum Gasteiger partial charge on any atom is -0.430 e. The van der Waals surface area contributed by atoms with Crippen LogP contribution in [0.15, 0.2) is 12.1 Å². The molecule has 1 aromatic carbocycles. The predicted molar refractivity (Wildman–Crippen MR) is 49.8 cm³/mol. The van der Waals surface area contributed by atoms with Crippen molar-refractivity contribution in [1.29, 1.82) is 0 Å². The molecule has 1 rings (SSSR count). The van der Waals surface area contributed by atoms with Gasteiger partial charge in [0, 0.05) is 0 Å². The predicted octanol–water partition coefficient (Wildman–Crippen LogP) is 4.86. The number of hydrogen-bond donors (Lipinski definition) is 0. The van der Waals surface area contributed by atoms with Crippen LogP contribution in [-0.2, 0) is 6.18 Å². The first kappa shape index (κ1) is 16.6.